The number of hydrogen-bond acceptors (Lipinski definition) is 4. The van der Waals surface area contributed by atoms with Crippen LogP contribution >= 0.6 is 0 Å². The van der Waals surface area contributed by atoms with Crippen LogP contribution < -0.4 is 9.46 Å². The average Bonchev–Trinajstić information content (AvgIpc) is 2.45. The first kappa shape index (κ1) is 16.9. The molecule has 0 bridgehead atoms. The summed E-state index contributed by atoms with van der Waals surface area (Å²) < 4.78 is 32.1. The van der Waals surface area contributed by atoms with E-state index < -0.39 is 16.1 Å². The summed E-state index contributed by atoms with van der Waals surface area (Å²) in [6, 6.07) is 5.84. The van der Waals surface area contributed by atoms with Crippen molar-refractivity contribution in [2.45, 2.75) is 44.0 Å². The van der Waals surface area contributed by atoms with E-state index in [9.17, 15) is 8.42 Å². The molecule has 1 rings (SSSR count). The van der Waals surface area contributed by atoms with Crippen molar-refractivity contribution in [3.63, 3.8) is 0 Å². The fraction of sp³-hybridized carbons (Fsp3) is 0.571. The molecule has 1 aromatic carbocycles. The Morgan fingerprint density at radius 1 is 1.25 bits per heavy atom. The number of sulfonamides is 1. The fourth-order valence-corrected chi connectivity index (χ4v) is 2.90. The second-order valence-electron chi connectivity index (χ2n) is 4.58. The number of aliphatic hydroxyl groups is 1. The van der Waals surface area contributed by atoms with Crippen molar-refractivity contribution in [3.8, 4) is 5.75 Å². The van der Waals surface area contributed by atoms with Crippen LogP contribution in [0.2, 0.25) is 0 Å². The minimum atomic E-state index is -3.59. The number of unbranched alkanes of at least 4 members (excludes halogenated alkanes) is 1. The lowest BCUT2D eigenvalue weighted by Crippen LogP contribution is -2.36. The molecule has 0 saturated carbocycles. The van der Waals surface area contributed by atoms with E-state index >= 15 is 0 Å². The van der Waals surface area contributed by atoms with Crippen molar-refractivity contribution in [1.82, 2.24) is 4.72 Å². The molecule has 0 spiro atoms. The lowest BCUT2D eigenvalue weighted by atomic mass is 10.3. The summed E-state index contributed by atoms with van der Waals surface area (Å²) in [5.41, 5.74) is 0. The Kier molecular flexibility index (Phi) is 6.98. The molecular weight excluding hydrogens is 278 g/mol. The summed E-state index contributed by atoms with van der Waals surface area (Å²) in [6.45, 7) is 4.31. The van der Waals surface area contributed by atoms with Crippen LogP contribution in [0.15, 0.2) is 29.2 Å². The first-order valence-corrected chi connectivity index (χ1v) is 8.37. The van der Waals surface area contributed by atoms with E-state index in [1.807, 2.05) is 6.92 Å². The normalized spacial score (nSPS) is 13.2. The maximum absolute atomic E-state index is 12.1. The fourth-order valence-electron chi connectivity index (χ4n) is 1.59. The average molecular weight is 301 g/mol. The smallest absolute Gasteiger partial charge is 0.240 e. The van der Waals surface area contributed by atoms with Crippen LogP contribution in [-0.4, -0.2) is 32.8 Å². The van der Waals surface area contributed by atoms with E-state index in [2.05, 4.69) is 11.6 Å². The second kappa shape index (κ2) is 8.24. The standard InChI is InChI=1S/C14H23NO4S/c1-3-5-10-19-13-6-8-14(9-7-13)20(17,18)15-12(4-2)11-16/h6-9,12,15-16H,3-5,10-11H2,1-2H3/t12-/m1/s1. The highest BCUT2D eigenvalue weighted by Crippen LogP contribution is 2.16. The monoisotopic (exact) mass is 301 g/mol. The van der Waals surface area contributed by atoms with Gasteiger partial charge in [0.1, 0.15) is 5.75 Å². The lowest BCUT2D eigenvalue weighted by molar-refractivity contribution is 0.254. The zero-order valence-corrected chi connectivity index (χ0v) is 12.8. The molecule has 0 aliphatic rings. The first-order valence-electron chi connectivity index (χ1n) is 6.89. The van der Waals surface area contributed by atoms with E-state index in [0.717, 1.165) is 12.8 Å². The predicted octanol–water partition coefficient (Wildman–Crippen LogP) is 1.91. The van der Waals surface area contributed by atoms with Gasteiger partial charge in [-0.2, -0.15) is 0 Å². The van der Waals surface area contributed by atoms with Crippen molar-refractivity contribution in [1.29, 1.82) is 0 Å². The molecule has 5 nitrogen and oxygen atoms in total. The van der Waals surface area contributed by atoms with Gasteiger partial charge < -0.3 is 9.84 Å². The van der Waals surface area contributed by atoms with Crippen LogP contribution in [0.1, 0.15) is 33.1 Å². The van der Waals surface area contributed by atoms with Crippen LogP contribution in [0.3, 0.4) is 0 Å². The Hall–Kier alpha value is -1.11. The Bertz CT molecular complexity index is 480. The van der Waals surface area contributed by atoms with Gasteiger partial charge in [-0.05, 0) is 37.1 Å². The number of rotatable bonds is 9. The third-order valence-corrected chi connectivity index (χ3v) is 4.47. The van der Waals surface area contributed by atoms with Gasteiger partial charge in [0.2, 0.25) is 10.0 Å². The quantitative estimate of drug-likeness (QED) is 0.683. The number of aliphatic hydroxyl groups excluding tert-OH is 1. The van der Waals surface area contributed by atoms with Gasteiger partial charge in [-0.15, -0.1) is 0 Å². The summed E-state index contributed by atoms with van der Waals surface area (Å²) in [5, 5.41) is 9.05. The van der Waals surface area contributed by atoms with Gasteiger partial charge in [-0.25, -0.2) is 13.1 Å². The molecule has 1 aromatic rings. The Morgan fingerprint density at radius 2 is 1.90 bits per heavy atom. The molecule has 6 heteroatoms. The summed E-state index contributed by atoms with van der Waals surface area (Å²) in [4.78, 5) is 0.173. The van der Waals surface area contributed by atoms with Crippen molar-refractivity contribution >= 4 is 10.0 Å². The minimum absolute atomic E-state index is 0.173. The van der Waals surface area contributed by atoms with Crippen LogP contribution in [0.4, 0.5) is 0 Å². The molecule has 0 fully saturated rings. The minimum Gasteiger partial charge on any atom is -0.494 e. The van der Waals surface area contributed by atoms with Crippen molar-refractivity contribution < 1.29 is 18.3 Å². The maximum atomic E-state index is 12.1. The van der Waals surface area contributed by atoms with Gasteiger partial charge in [0.25, 0.3) is 0 Å². The predicted molar refractivity (Wildman–Crippen MR) is 78.3 cm³/mol. The maximum Gasteiger partial charge on any atom is 0.240 e. The number of hydrogen-bond donors (Lipinski definition) is 2. The molecule has 0 aliphatic heterocycles. The molecule has 114 valence electrons. The highest BCUT2D eigenvalue weighted by atomic mass is 32.2. The topological polar surface area (TPSA) is 75.6 Å². The van der Waals surface area contributed by atoms with Crippen molar-refractivity contribution in [3.05, 3.63) is 24.3 Å². The Balaban J connectivity index is 2.71. The van der Waals surface area contributed by atoms with Gasteiger partial charge in [-0.3, -0.25) is 0 Å². The molecule has 0 heterocycles. The molecule has 0 aliphatic carbocycles. The van der Waals surface area contributed by atoms with E-state index in [-0.39, 0.29) is 11.5 Å². The molecule has 0 saturated heterocycles. The number of benzene rings is 1. The summed E-state index contributed by atoms with van der Waals surface area (Å²) in [5.74, 6) is 0.659. The molecule has 0 unspecified atom stereocenters. The third kappa shape index (κ3) is 5.11. The summed E-state index contributed by atoms with van der Waals surface area (Å²) in [7, 11) is -3.59. The lowest BCUT2D eigenvalue weighted by Gasteiger charge is -2.14. The van der Waals surface area contributed by atoms with Crippen LogP contribution in [0, 0.1) is 0 Å². The van der Waals surface area contributed by atoms with Gasteiger partial charge in [0, 0.05) is 6.04 Å². The van der Waals surface area contributed by atoms with E-state index in [1.165, 1.54) is 12.1 Å². The molecule has 0 aromatic heterocycles. The van der Waals surface area contributed by atoms with Crippen molar-refractivity contribution in [2.24, 2.45) is 0 Å². The molecular formula is C14H23NO4S. The Morgan fingerprint density at radius 3 is 2.40 bits per heavy atom. The molecule has 20 heavy (non-hydrogen) atoms. The first-order chi connectivity index (χ1) is 9.53. The van der Waals surface area contributed by atoms with E-state index in [0.29, 0.717) is 18.8 Å². The van der Waals surface area contributed by atoms with Crippen LogP contribution in [-0.2, 0) is 10.0 Å². The van der Waals surface area contributed by atoms with Crippen LogP contribution in [0.25, 0.3) is 0 Å². The highest BCUT2D eigenvalue weighted by Gasteiger charge is 2.18. The summed E-state index contributed by atoms with van der Waals surface area (Å²) >= 11 is 0. The van der Waals surface area contributed by atoms with Crippen molar-refractivity contribution in [2.75, 3.05) is 13.2 Å². The third-order valence-electron chi connectivity index (χ3n) is 2.94. The van der Waals surface area contributed by atoms with Gasteiger partial charge >= 0.3 is 0 Å². The van der Waals surface area contributed by atoms with Gasteiger partial charge in [0.05, 0.1) is 18.1 Å². The van der Waals surface area contributed by atoms with E-state index in [1.54, 1.807) is 12.1 Å². The summed E-state index contributed by atoms with van der Waals surface area (Å²) in [6.07, 6.45) is 2.56. The highest BCUT2D eigenvalue weighted by molar-refractivity contribution is 7.89. The van der Waals surface area contributed by atoms with Crippen LogP contribution in [0.5, 0.6) is 5.75 Å². The number of ether oxygens (including phenoxy) is 1. The Labute approximate surface area is 121 Å². The SMILES string of the molecule is CCCCOc1ccc(S(=O)(=O)N[C@H](CC)CO)cc1. The molecule has 0 radical (unpaired) electrons. The van der Waals surface area contributed by atoms with Gasteiger partial charge in [0.15, 0.2) is 0 Å². The second-order valence-corrected chi connectivity index (χ2v) is 6.30. The molecule has 0 amide bonds. The zero-order chi connectivity index (χ0) is 15.0. The number of nitrogens with one attached hydrogen (secondary N) is 1. The zero-order valence-electron chi connectivity index (χ0n) is 12.0. The van der Waals surface area contributed by atoms with E-state index in [4.69, 9.17) is 9.84 Å². The molecule has 1 atom stereocenters. The molecule has 2 N–H and O–H groups in total. The largest absolute Gasteiger partial charge is 0.494 e. The van der Waals surface area contributed by atoms with Gasteiger partial charge in [-0.1, -0.05) is 20.3 Å².